The van der Waals surface area contributed by atoms with Crippen molar-refractivity contribution >= 4 is 22.8 Å². The number of hydrogen-bond acceptors (Lipinski definition) is 3. The van der Waals surface area contributed by atoms with Crippen LogP contribution >= 0.6 is 0 Å². The zero-order valence-corrected chi connectivity index (χ0v) is 15.1. The van der Waals surface area contributed by atoms with Crippen LogP contribution in [0.25, 0.3) is 10.9 Å². The zero-order valence-electron chi connectivity index (χ0n) is 15.1. The number of methoxy groups -OCH3 is 1. The lowest BCUT2D eigenvalue weighted by molar-refractivity contribution is -0.145. The topological polar surface area (TPSA) is 51.5 Å². The minimum absolute atomic E-state index is 0.128. The van der Waals surface area contributed by atoms with Gasteiger partial charge >= 0.3 is 5.97 Å². The number of unbranched alkanes of at least 4 members (excludes halogenated alkanes) is 2. The normalized spacial score (nSPS) is 17.0. The summed E-state index contributed by atoms with van der Waals surface area (Å²) < 4.78 is 19.2. The van der Waals surface area contributed by atoms with Crippen LogP contribution in [0.15, 0.2) is 30.5 Å². The molecule has 140 valence electrons. The lowest BCUT2D eigenvalue weighted by Crippen LogP contribution is -2.41. The molecule has 1 aromatic heterocycles. The average Bonchev–Trinajstić information content (AvgIpc) is 3.29. The molecule has 1 aliphatic heterocycles. The minimum Gasteiger partial charge on any atom is -0.467 e. The quantitative estimate of drug-likeness (QED) is 0.560. The molecule has 6 heteroatoms. The van der Waals surface area contributed by atoms with Gasteiger partial charge in [0.2, 0.25) is 0 Å². The number of esters is 1. The largest absolute Gasteiger partial charge is 0.467 e. The van der Waals surface area contributed by atoms with Crippen LogP contribution in [0.3, 0.4) is 0 Å². The molecular weight excluding hydrogens is 335 g/mol. The summed E-state index contributed by atoms with van der Waals surface area (Å²) in [6, 6.07) is 7.28. The molecule has 2 heterocycles. The van der Waals surface area contributed by atoms with Crippen molar-refractivity contribution in [3.8, 4) is 0 Å². The molecule has 1 atom stereocenters. The monoisotopic (exact) mass is 360 g/mol. The van der Waals surface area contributed by atoms with Gasteiger partial charge in [-0.1, -0.05) is 18.2 Å². The SMILES string of the molecule is COC(=O)[C@@H]1CCCN1C(=O)c1cn(CCCCCF)c2ccccc12. The summed E-state index contributed by atoms with van der Waals surface area (Å²) in [7, 11) is 1.35. The number of carbonyl (C=O) groups is 2. The summed E-state index contributed by atoms with van der Waals surface area (Å²) >= 11 is 0. The molecule has 26 heavy (non-hydrogen) atoms. The highest BCUT2D eigenvalue weighted by Crippen LogP contribution is 2.27. The second kappa shape index (κ2) is 8.34. The van der Waals surface area contributed by atoms with Crippen molar-refractivity contribution in [3.05, 3.63) is 36.0 Å². The van der Waals surface area contributed by atoms with Gasteiger partial charge < -0.3 is 14.2 Å². The van der Waals surface area contributed by atoms with Crippen LogP contribution in [-0.2, 0) is 16.1 Å². The second-order valence-electron chi connectivity index (χ2n) is 6.68. The molecule has 1 aromatic carbocycles. The highest BCUT2D eigenvalue weighted by Gasteiger charge is 2.36. The van der Waals surface area contributed by atoms with E-state index in [9.17, 15) is 14.0 Å². The number of alkyl halides is 1. The Labute approximate surface area is 152 Å². The van der Waals surface area contributed by atoms with Gasteiger partial charge in [-0.3, -0.25) is 9.18 Å². The Kier molecular flexibility index (Phi) is 5.91. The predicted octanol–water partition coefficient (Wildman–Crippen LogP) is 3.56. The van der Waals surface area contributed by atoms with E-state index in [2.05, 4.69) is 4.57 Å². The number of halogens is 1. The second-order valence-corrected chi connectivity index (χ2v) is 6.68. The summed E-state index contributed by atoms with van der Waals surface area (Å²) in [6.45, 7) is 1.02. The number of nitrogens with zero attached hydrogens (tertiary/aromatic N) is 2. The Hall–Kier alpha value is -2.37. The number of rotatable bonds is 7. The van der Waals surface area contributed by atoms with Gasteiger partial charge in [0.05, 0.1) is 19.3 Å². The highest BCUT2D eigenvalue weighted by molar-refractivity contribution is 6.08. The average molecular weight is 360 g/mol. The summed E-state index contributed by atoms with van der Waals surface area (Å²) in [5.74, 6) is -0.484. The van der Waals surface area contributed by atoms with Crippen molar-refractivity contribution in [2.75, 3.05) is 20.3 Å². The van der Waals surface area contributed by atoms with E-state index in [-0.39, 0.29) is 18.6 Å². The van der Waals surface area contributed by atoms with E-state index in [1.807, 2.05) is 30.5 Å². The first-order valence-corrected chi connectivity index (χ1v) is 9.20. The smallest absolute Gasteiger partial charge is 0.328 e. The first kappa shape index (κ1) is 18.4. The van der Waals surface area contributed by atoms with Crippen LogP contribution in [-0.4, -0.2) is 47.7 Å². The molecule has 2 aromatic rings. The van der Waals surface area contributed by atoms with E-state index in [0.29, 0.717) is 24.9 Å². The van der Waals surface area contributed by atoms with Crippen LogP contribution in [0.1, 0.15) is 42.5 Å². The number of carbonyl (C=O) groups excluding carboxylic acids is 2. The molecule has 0 saturated carbocycles. The highest BCUT2D eigenvalue weighted by atomic mass is 19.1. The summed E-state index contributed by atoms with van der Waals surface area (Å²) in [4.78, 5) is 26.7. The fraction of sp³-hybridized carbons (Fsp3) is 0.500. The van der Waals surface area contributed by atoms with Gasteiger partial charge in [0.25, 0.3) is 5.91 Å². The number of likely N-dealkylation sites (tertiary alicyclic amines) is 1. The van der Waals surface area contributed by atoms with E-state index in [1.165, 1.54) is 7.11 Å². The molecule has 3 rings (SSSR count). The molecule has 5 nitrogen and oxygen atoms in total. The van der Waals surface area contributed by atoms with E-state index < -0.39 is 6.04 Å². The zero-order chi connectivity index (χ0) is 18.5. The summed E-state index contributed by atoms with van der Waals surface area (Å²) in [5, 5.41) is 0.888. The van der Waals surface area contributed by atoms with Crippen molar-refractivity contribution in [1.29, 1.82) is 0 Å². The molecule has 0 spiro atoms. The maximum atomic E-state index is 13.1. The van der Waals surface area contributed by atoms with Crippen molar-refractivity contribution in [2.24, 2.45) is 0 Å². The van der Waals surface area contributed by atoms with Crippen LogP contribution in [0.5, 0.6) is 0 Å². The van der Waals surface area contributed by atoms with Gasteiger partial charge in [-0.2, -0.15) is 0 Å². The van der Waals surface area contributed by atoms with Gasteiger partial charge in [-0.25, -0.2) is 4.79 Å². The third-order valence-corrected chi connectivity index (χ3v) is 5.04. The van der Waals surface area contributed by atoms with Gasteiger partial charge in [0, 0.05) is 30.2 Å². The van der Waals surface area contributed by atoms with E-state index in [1.54, 1.807) is 4.90 Å². The van der Waals surface area contributed by atoms with Crippen molar-refractivity contribution in [3.63, 3.8) is 0 Å². The Morgan fingerprint density at radius 1 is 1.23 bits per heavy atom. The maximum absolute atomic E-state index is 13.1. The van der Waals surface area contributed by atoms with E-state index in [4.69, 9.17) is 4.74 Å². The Morgan fingerprint density at radius 3 is 2.81 bits per heavy atom. The molecule has 0 unspecified atom stereocenters. The molecule has 1 saturated heterocycles. The molecule has 1 fully saturated rings. The van der Waals surface area contributed by atoms with Crippen molar-refractivity contribution in [2.45, 2.75) is 44.7 Å². The molecule has 0 N–H and O–H groups in total. The van der Waals surface area contributed by atoms with Crippen molar-refractivity contribution in [1.82, 2.24) is 9.47 Å². The standard InChI is InChI=1S/C20H25FN2O3/c1-26-20(25)18-10-7-13-23(18)19(24)16-14-22(12-6-2-5-11-21)17-9-4-3-8-15(16)17/h3-4,8-9,14,18H,2,5-7,10-13H2,1H3/t18-/m0/s1. The molecular formula is C20H25FN2O3. The number of aromatic nitrogens is 1. The van der Waals surface area contributed by atoms with E-state index in [0.717, 1.165) is 36.7 Å². The van der Waals surface area contributed by atoms with Crippen LogP contribution < -0.4 is 0 Å². The summed E-state index contributed by atoms with van der Waals surface area (Å²) in [6.07, 6.45) is 5.57. The maximum Gasteiger partial charge on any atom is 0.328 e. The van der Waals surface area contributed by atoms with Gasteiger partial charge in [-0.15, -0.1) is 0 Å². The molecule has 0 aliphatic carbocycles. The molecule has 0 bridgehead atoms. The Morgan fingerprint density at radius 2 is 2.04 bits per heavy atom. The van der Waals surface area contributed by atoms with E-state index >= 15 is 0 Å². The van der Waals surface area contributed by atoms with Crippen LogP contribution in [0, 0.1) is 0 Å². The fourth-order valence-electron chi connectivity index (χ4n) is 3.70. The first-order valence-electron chi connectivity index (χ1n) is 9.20. The lowest BCUT2D eigenvalue weighted by atomic mass is 10.1. The fourth-order valence-corrected chi connectivity index (χ4v) is 3.70. The molecule has 1 amide bonds. The predicted molar refractivity (Wildman–Crippen MR) is 97.8 cm³/mol. The number of amides is 1. The first-order chi connectivity index (χ1) is 12.7. The number of para-hydroxylation sites is 1. The van der Waals surface area contributed by atoms with Gasteiger partial charge in [-0.05, 0) is 38.2 Å². The lowest BCUT2D eigenvalue weighted by Gasteiger charge is -2.22. The molecule has 0 radical (unpaired) electrons. The van der Waals surface area contributed by atoms with Gasteiger partial charge in [0.15, 0.2) is 0 Å². The number of hydrogen-bond donors (Lipinski definition) is 0. The third-order valence-electron chi connectivity index (χ3n) is 5.04. The molecule has 1 aliphatic rings. The number of fused-ring (bicyclic) bond motifs is 1. The number of ether oxygens (including phenoxy) is 1. The minimum atomic E-state index is -0.501. The van der Waals surface area contributed by atoms with Crippen molar-refractivity contribution < 1.29 is 18.7 Å². The number of benzene rings is 1. The van der Waals surface area contributed by atoms with Gasteiger partial charge in [0.1, 0.15) is 6.04 Å². The van der Waals surface area contributed by atoms with Crippen LogP contribution in [0.4, 0.5) is 4.39 Å². The summed E-state index contributed by atoms with van der Waals surface area (Å²) in [5.41, 5.74) is 1.60. The van der Waals surface area contributed by atoms with Crippen LogP contribution in [0.2, 0.25) is 0 Å². The third kappa shape index (κ3) is 3.59. The Bertz CT molecular complexity index is 786. The Balaban J connectivity index is 1.87. The number of aryl methyl sites for hydroxylation is 1.